The number of carbonyl (C=O) groups is 2. The van der Waals surface area contributed by atoms with Gasteiger partial charge in [-0.05, 0) is 62.3 Å². The summed E-state index contributed by atoms with van der Waals surface area (Å²) < 4.78 is 16.5. The summed E-state index contributed by atoms with van der Waals surface area (Å²) in [5.74, 6) is 0.348. The predicted octanol–water partition coefficient (Wildman–Crippen LogP) is 3.53. The number of benzene rings is 1. The molecule has 1 fully saturated rings. The smallest absolute Gasteiger partial charge is 0.330 e. The lowest BCUT2D eigenvalue weighted by Crippen LogP contribution is -2.42. The third-order valence-corrected chi connectivity index (χ3v) is 5.00. The Balaban J connectivity index is 1.86. The van der Waals surface area contributed by atoms with Crippen LogP contribution in [-0.2, 0) is 19.1 Å². The van der Waals surface area contributed by atoms with Crippen molar-refractivity contribution in [1.82, 2.24) is 5.32 Å². The van der Waals surface area contributed by atoms with E-state index in [2.05, 4.69) is 30.6 Å². The van der Waals surface area contributed by atoms with Gasteiger partial charge in [0.2, 0.25) is 5.91 Å². The minimum Gasteiger partial charge on any atom is -0.491 e. The van der Waals surface area contributed by atoms with Gasteiger partial charge in [-0.15, -0.1) is 0 Å². The number of amides is 1. The van der Waals surface area contributed by atoms with Crippen LogP contribution in [0.1, 0.15) is 44.1 Å². The molecule has 0 radical (unpaired) electrons. The third kappa shape index (κ3) is 7.74. The molecule has 6 heteroatoms. The standard InChI is InChI=1S/C23H31NO5/c1-4-22(25)24-19(16-29-23(26)5-2)15-28-21-13-9-18(10-14-21)17-7-11-20(12-8-17)27-6-3/h4-5,9-10,13-14,17,19-20H,1-2,6-8,11-12,15-16H2,3H3,(H,24,25). The molecule has 158 valence electrons. The monoisotopic (exact) mass is 401 g/mol. The highest BCUT2D eigenvalue weighted by Crippen LogP contribution is 2.34. The summed E-state index contributed by atoms with van der Waals surface area (Å²) in [6, 6.07) is 7.57. The van der Waals surface area contributed by atoms with E-state index in [4.69, 9.17) is 14.2 Å². The van der Waals surface area contributed by atoms with Crippen LogP contribution in [0.3, 0.4) is 0 Å². The molecular weight excluding hydrogens is 370 g/mol. The van der Waals surface area contributed by atoms with E-state index >= 15 is 0 Å². The molecule has 29 heavy (non-hydrogen) atoms. The van der Waals surface area contributed by atoms with E-state index in [1.165, 1.54) is 5.56 Å². The Morgan fingerprint density at radius 2 is 1.79 bits per heavy atom. The van der Waals surface area contributed by atoms with Gasteiger partial charge in [-0.1, -0.05) is 25.3 Å². The fraction of sp³-hybridized carbons (Fsp3) is 0.478. The van der Waals surface area contributed by atoms with Gasteiger partial charge in [0.05, 0.1) is 12.1 Å². The molecule has 1 aromatic carbocycles. The Bertz CT molecular complexity index is 677. The van der Waals surface area contributed by atoms with Gasteiger partial charge in [-0.2, -0.15) is 0 Å². The number of hydrogen-bond acceptors (Lipinski definition) is 5. The van der Waals surface area contributed by atoms with Gasteiger partial charge in [0.25, 0.3) is 0 Å². The summed E-state index contributed by atoms with van der Waals surface area (Å²) in [5.41, 5.74) is 1.31. The van der Waals surface area contributed by atoms with Crippen LogP contribution in [0.15, 0.2) is 49.6 Å². The summed E-state index contributed by atoms with van der Waals surface area (Å²) in [6.45, 7) is 9.77. The molecule has 0 heterocycles. The van der Waals surface area contributed by atoms with Crippen LogP contribution in [0.2, 0.25) is 0 Å². The Hall–Kier alpha value is -2.60. The van der Waals surface area contributed by atoms with Crippen molar-refractivity contribution in [3.8, 4) is 5.75 Å². The molecule has 1 unspecified atom stereocenters. The lowest BCUT2D eigenvalue weighted by Gasteiger charge is -2.28. The molecule has 1 N–H and O–H groups in total. The zero-order valence-electron chi connectivity index (χ0n) is 17.1. The molecule has 1 atom stereocenters. The first kappa shape index (κ1) is 22.7. The first-order chi connectivity index (χ1) is 14.0. The number of carbonyl (C=O) groups excluding carboxylic acids is 2. The number of ether oxygens (including phenoxy) is 3. The minimum absolute atomic E-state index is 0.00834. The molecule has 1 amide bonds. The highest BCUT2D eigenvalue weighted by Gasteiger charge is 2.22. The van der Waals surface area contributed by atoms with Crippen LogP contribution in [0.5, 0.6) is 5.75 Å². The topological polar surface area (TPSA) is 73.9 Å². The minimum atomic E-state index is -0.550. The number of esters is 1. The summed E-state index contributed by atoms with van der Waals surface area (Å²) in [4.78, 5) is 22.8. The molecule has 1 aromatic rings. The van der Waals surface area contributed by atoms with Gasteiger partial charge < -0.3 is 19.5 Å². The van der Waals surface area contributed by atoms with E-state index < -0.39 is 12.0 Å². The third-order valence-electron chi connectivity index (χ3n) is 5.00. The van der Waals surface area contributed by atoms with Crippen molar-refractivity contribution in [1.29, 1.82) is 0 Å². The van der Waals surface area contributed by atoms with Gasteiger partial charge in [0.15, 0.2) is 0 Å². The van der Waals surface area contributed by atoms with Crippen molar-refractivity contribution in [2.45, 2.75) is 50.7 Å². The van der Waals surface area contributed by atoms with Crippen molar-refractivity contribution < 1.29 is 23.8 Å². The molecular formula is C23H31NO5. The summed E-state index contributed by atoms with van der Waals surface area (Å²) in [6.07, 6.45) is 7.11. The Kier molecular flexibility index (Phi) is 9.44. The first-order valence-corrected chi connectivity index (χ1v) is 10.1. The molecule has 1 saturated carbocycles. The van der Waals surface area contributed by atoms with Crippen LogP contribution in [0.25, 0.3) is 0 Å². The fourth-order valence-corrected chi connectivity index (χ4v) is 3.46. The van der Waals surface area contributed by atoms with E-state index in [0.717, 1.165) is 44.4 Å². The molecule has 2 rings (SSSR count). The molecule has 1 aliphatic rings. The number of rotatable bonds is 11. The van der Waals surface area contributed by atoms with Gasteiger partial charge in [-0.25, -0.2) is 4.79 Å². The fourth-order valence-electron chi connectivity index (χ4n) is 3.46. The van der Waals surface area contributed by atoms with Crippen molar-refractivity contribution in [2.24, 2.45) is 0 Å². The number of nitrogens with one attached hydrogen (secondary N) is 1. The molecule has 0 aliphatic heterocycles. The van der Waals surface area contributed by atoms with Gasteiger partial charge in [-0.3, -0.25) is 4.79 Å². The average molecular weight is 402 g/mol. The van der Waals surface area contributed by atoms with Crippen molar-refractivity contribution in [3.63, 3.8) is 0 Å². The highest BCUT2D eigenvalue weighted by atomic mass is 16.5. The largest absolute Gasteiger partial charge is 0.491 e. The quantitative estimate of drug-likeness (QED) is 0.454. The summed E-state index contributed by atoms with van der Waals surface area (Å²) >= 11 is 0. The van der Waals surface area contributed by atoms with E-state index in [1.807, 2.05) is 19.1 Å². The molecule has 6 nitrogen and oxygen atoms in total. The Morgan fingerprint density at radius 1 is 1.10 bits per heavy atom. The molecule has 0 aromatic heterocycles. The second kappa shape index (κ2) is 12.1. The predicted molar refractivity (Wildman–Crippen MR) is 112 cm³/mol. The average Bonchev–Trinajstić information content (AvgIpc) is 2.76. The Labute approximate surface area is 172 Å². The van der Waals surface area contributed by atoms with Crippen molar-refractivity contribution in [3.05, 3.63) is 55.1 Å². The van der Waals surface area contributed by atoms with E-state index in [1.54, 1.807) is 0 Å². The van der Waals surface area contributed by atoms with Crippen LogP contribution >= 0.6 is 0 Å². The SMILES string of the molecule is C=CC(=O)NC(COC(=O)C=C)COc1ccc(C2CCC(OCC)CC2)cc1. The maximum atomic E-state index is 11.6. The zero-order chi connectivity index (χ0) is 21.1. The maximum Gasteiger partial charge on any atom is 0.330 e. The zero-order valence-corrected chi connectivity index (χ0v) is 17.1. The lowest BCUT2D eigenvalue weighted by atomic mass is 9.83. The van der Waals surface area contributed by atoms with Crippen molar-refractivity contribution in [2.75, 3.05) is 19.8 Å². The molecule has 1 aliphatic carbocycles. The van der Waals surface area contributed by atoms with Crippen LogP contribution in [-0.4, -0.2) is 43.8 Å². The second-order valence-electron chi connectivity index (χ2n) is 7.05. The highest BCUT2D eigenvalue weighted by molar-refractivity contribution is 5.87. The van der Waals surface area contributed by atoms with Crippen molar-refractivity contribution >= 4 is 11.9 Å². The van der Waals surface area contributed by atoms with Crippen LogP contribution in [0.4, 0.5) is 0 Å². The van der Waals surface area contributed by atoms with Gasteiger partial charge >= 0.3 is 5.97 Å². The summed E-state index contributed by atoms with van der Waals surface area (Å²) in [7, 11) is 0. The lowest BCUT2D eigenvalue weighted by molar-refractivity contribution is -0.139. The first-order valence-electron chi connectivity index (χ1n) is 10.1. The van der Waals surface area contributed by atoms with Gasteiger partial charge in [0.1, 0.15) is 19.0 Å². The molecule has 0 spiro atoms. The molecule has 0 bridgehead atoms. The number of hydrogen-bond donors (Lipinski definition) is 1. The normalized spacial score (nSPS) is 19.6. The summed E-state index contributed by atoms with van der Waals surface area (Å²) in [5, 5.41) is 2.69. The van der Waals surface area contributed by atoms with E-state index in [0.29, 0.717) is 17.8 Å². The van der Waals surface area contributed by atoms with Gasteiger partial charge in [0, 0.05) is 12.7 Å². The molecule has 0 saturated heterocycles. The van der Waals surface area contributed by atoms with E-state index in [-0.39, 0.29) is 19.1 Å². The Morgan fingerprint density at radius 3 is 2.38 bits per heavy atom. The van der Waals surface area contributed by atoms with E-state index in [9.17, 15) is 9.59 Å². The van der Waals surface area contributed by atoms with Crippen LogP contribution in [0, 0.1) is 0 Å². The maximum absolute atomic E-state index is 11.6. The second-order valence-corrected chi connectivity index (χ2v) is 7.05. The van der Waals surface area contributed by atoms with Crippen LogP contribution < -0.4 is 10.1 Å².